The second-order valence-electron chi connectivity index (χ2n) is 6.00. The molecular weight excluding hydrogens is 374 g/mol. The summed E-state index contributed by atoms with van der Waals surface area (Å²) in [6.07, 6.45) is 0. The average Bonchev–Trinajstić information content (AvgIpc) is 2.64. The van der Waals surface area contributed by atoms with Crippen molar-refractivity contribution < 1.29 is 8.42 Å². The molecule has 0 fully saturated rings. The van der Waals surface area contributed by atoms with E-state index in [4.69, 9.17) is 11.6 Å². The van der Waals surface area contributed by atoms with Gasteiger partial charge in [-0.3, -0.25) is 9.36 Å². The largest absolute Gasteiger partial charge is 0.298 e. The van der Waals surface area contributed by atoms with Gasteiger partial charge in [-0.25, -0.2) is 13.4 Å². The SMILES string of the molecule is CC(c1nc2ccccc2c(=O)n1C)N(C)S(=O)(=O)c1ccc(Cl)cc1. The molecule has 136 valence electrons. The van der Waals surface area contributed by atoms with Gasteiger partial charge in [0.25, 0.3) is 5.56 Å². The normalized spacial score (nSPS) is 13.3. The third-order valence-corrected chi connectivity index (χ3v) is 6.62. The first-order valence-corrected chi connectivity index (χ1v) is 9.74. The molecular formula is C18H18ClN3O3S. The molecule has 3 aromatic rings. The van der Waals surface area contributed by atoms with Gasteiger partial charge in [0.2, 0.25) is 10.0 Å². The highest BCUT2D eigenvalue weighted by Crippen LogP contribution is 2.25. The fourth-order valence-corrected chi connectivity index (χ4v) is 4.20. The monoisotopic (exact) mass is 391 g/mol. The molecule has 0 aliphatic carbocycles. The van der Waals surface area contributed by atoms with Gasteiger partial charge in [-0.1, -0.05) is 23.7 Å². The molecule has 3 rings (SSSR count). The Labute approximate surface area is 156 Å². The van der Waals surface area contributed by atoms with Crippen LogP contribution in [-0.4, -0.2) is 29.3 Å². The summed E-state index contributed by atoms with van der Waals surface area (Å²) >= 11 is 5.84. The van der Waals surface area contributed by atoms with Crippen LogP contribution >= 0.6 is 11.6 Å². The molecule has 0 aliphatic heterocycles. The first kappa shape index (κ1) is 18.6. The molecule has 0 N–H and O–H groups in total. The Balaban J connectivity index is 2.07. The molecule has 0 saturated heterocycles. The quantitative estimate of drug-likeness (QED) is 0.685. The highest BCUT2D eigenvalue weighted by Gasteiger charge is 2.29. The lowest BCUT2D eigenvalue weighted by atomic mass is 10.2. The number of halogens is 1. The number of hydrogen-bond acceptors (Lipinski definition) is 4. The Morgan fingerprint density at radius 1 is 1.12 bits per heavy atom. The summed E-state index contributed by atoms with van der Waals surface area (Å²) in [5.74, 6) is 0.369. The maximum atomic E-state index is 12.9. The minimum absolute atomic E-state index is 0.127. The lowest BCUT2D eigenvalue weighted by Crippen LogP contribution is -2.34. The molecule has 1 unspecified atom stereocenters. The van der Waals surface area contributed by atoms with Crippen LogP contribution in [-0.2, 0) is 17.1 Å². The van der Waals surface area contributed by atoms with Crippen molar-refractivity contribution in [2.24, 2.45) is 7.05 Å². The number of benzene rings is 2. The van der Waals surface area contributed by atoms with Crippen LogP contribution in [0.5, 0.6) is 0 Å². The lowest BCUT2D eigenvalue weighted by Gasteiger charge is -2.25. The Hall–Kier alpha value is -2.22. The minimum Gasteiger partial charge on any atom is -0.298 e. The first-order chi connectivity index (χ1) is 12.2. The maximum Gasteiger partial charge on any atom is 0.261 e. The zero-order chi connectivity index (χ0) is 19.1. The summed E-state index contributed by atoms with van der Waals surface area (Å²) in [6.45, 7) is 1.70. The van der Waals surface area contributed by atoms with Crippen LogP contribution in [0.1, 0.15) is 18.8 Å². The Bertz CT molecular complexity index is 1120. The molecule has 26 heavy (non-hydrogen) atoms. The molecule has 2 aromatic carbocycles. The van der Waals surface area contributed by atoms with E-state index >= 15 is 0 Å². The number of fused-ring (bicyclic) bond motifs is 1. The summed E-state index contributed by atoms with van der Waals surface area (Å²) in [5.41, 5.74) is 0.324. The van der Waals surface area contributed by atoms with Crippen LogP contribution in [0.15, 0.2) is 58.2 Å². The van der Waals surface area contributed by atoms with Crippen LogP contribution in [0, 0.1) is 0 Å². The van der Waals surface area contributed by atoms with E-state index in [1.54, 1.807) is 38.2 Å². The van der Waals surface area contributed by atoms with E-state index in [0.717, 1.165) is 0 Å². The predicted octanol–water partition coefficient (Wildman–Crippen LogP) is 2.97. The summed E-state index contributed by atoms with van der Waals surface area (Å²) in [4.78, 5) is 17.2. The highest BCUT2D eigenvalue weighted by atomic mass is 35.5. The number of nitrogens with zero attached hydrogens (tertiary/aromatic N) is 3. The van der Waals surface area contributed by atoms with Crippen LogP contribution in [0.2, 0.25) is 5.02 Å². The fraction of sp³-hybridized carbons (Fsp3) is 0.222. The van der Waals surface area contributed by atoms with Crippen LogP contribution in [0.4, 0.5) is 0 Å². The number of sulfonamides is 1. The van der Waals surface area contributed by atoms with Gasteiger partial charge in [0.15, 0.2) is 0 Å². The van der Waals surface area contributed by atoms with E-state index in [1.165, 1.54) is 40.2 Å². The van der Waals surface area contributed by atoms with Crippen LogP contribution in [0.3, 0.4) is 0 Å². The summed E-state index contributed by atoms with van der Waals surface area (Å²) < 4.78 is 28.4. The highest BCUT2D eigenvalue weighted by molar-refractivity contribution is 7.89. The molecule has 0 amide bonds. The number of para-hydroxylation sites is 1. The third-order valence-electron chi connectivity index (χ3n) is 4.43. The second-order valence-corrected chi connectivity index (χ2v) is 8.44. The molecule has 1 heterocycles. The van der Waals surface area contributed by atoms with E-state index in [-0.39, 0.29) is 10.5 Å². The molecule has 6 nitrogen and oxygen atoms in total. The zero-order valence-electron chi connectivity index (χ0n) is 14.5. The number of rotatable bonds is 4. The van der Waals surface area contributed by atoms with Crippen molar-refractivity contribution in [2.75, 3.05) is 7.05 Å². The smallest absolute Gasteiger partial charge is 0.261 e. The standard InChI is InChI=1S/C18H18ClN3O3S/c1-12(22(3)26(24,25)14-10-8-13(19)9-11-14)17-20-16-7-5-4-6-15(16)18(23)21(17)2/h4-12H,1-3H3. The summed E-state index contributed by atoms with van der Waals surface area (Å²) in [7, 11) is -0.705. The van der Waals surface area contributed by atoms with Crippen LogP contribution in [0.25, 0.3) is 10.9 Å². The molecule has 8 heteroatoms. The topological polar surface area (TPSA) is 72.3 Å². The van der Waals surface area contributed by atoms with Crippen molar-refractivity contribution in [1.82, 2.24) is 13.9 Å². The van der Waals surface area contributed by atoms with Crippen molar-refractivity contribution in [1.29, 1.82) is 0 Å². The Kier molecular flexibility index (Phi) is 4.88. The van der Waals surface area contributed by atoms with Gasteiger partial charge in [0.05, 0.1) is 21.8 Å². The van der Waals surface area contributed by atoms with E-state index < -0.39 is 16.1 Å². The predicted molar refractivity (Wildman–Crippen MR) is 102 cm³/mol. The van der Waals surface area contributed by atoms with Gasteiger partial charge in [-0.15, -0.1) is 0 Å². The van der Waals surface area contributed by atoms with Crippen molar-refractivity contribution in [3.63, 3.8) is 0 Å². The average molecular weight is 392 g/mol. The van der Waals surface area contributed by atoms with E-state index in [1.807, 2.05) is 0 Å². The van der Waals surface area contributed by atoms with Crippen molar-refractivity contribution in [2.45, 2.75) is 17.9 Å². The number of aromatic nitrogens is 2. The van der Waals surface area contributed by atoms with Gasteiger partial charge in [0, 0.05) is 19.1 Å². The fourth-order valence-electron chi connectivity index (χ4n) is 2.75. The van der Waals surface area contributed by atoms with Crippen molar-refractivity contribution in [3.8, 4) is 0 Å². The molecule has 0 bridgehead atoms. The maximum absolute atomic E-state index is 12.9. The van der Waals surface area contributed by atoms with Crippen LogP contribution < -0.4 is 5.56 Å². The second kappa shape index (κ2) is 6.83. The van der Waals surface area contributed by atoms with E-state index in [9.17, 15) is 13.2 Å². The lowest BCUT2D eigenvalue weighted by molar-refractivity contribution is 0.375. The first-order valence-electron chi connectivity index (χ1n) is 7.92. The van der Waals surface area contributed by atoms with E-state index in [0.29, 0.717) is 21.7 Å². The van der Waals surface area contributed by atoms with Gasteiger partial charge < -0.3 is 0 Å². The molecule has 0 radical (unpaired) electrons. The summed E-state index contributed by atoms with van der Waals surface area (Å²) in [5, 5.41) is 0.951. The van der Waals surface area contributed by atoms with Gasteiger partial charge in [-0.05, 0) is 43.3 Å². The van der Waals surface area contributed by atoms with Gasteiger partial charge in [-0.2, -0.15) is 4.31 Å². The van der Waals surface area contributed by atoms with Gasteiger partial charge >= 0.3 is 0 Å². The number of hydrogen-bond donors (Lipinski definition) is 0. The molecule has 0 saturated carbocycles. The van der Waals surface area contributed by atoms with E-state index in [2.05, 4.69) is 4.98 Å². The van der Waals surface area contributed by atoms with Crippen molar-refractivity contribution in [3.05, 3.63) is 69.7 Å². The zero-order valence-corrected chi connectivity index (χ0v) is 16.1. The van der Waals surface area contributed by atoms with Crippen molar-refractivity contribution >= 4 is 32.5 Å². The van der Waals surface area contributed by atoms with Gasteiger partial charge in [0.1, 0.15) is 5.82 Å². The molecule has 0 spiro atoms. The minimum atomic E-state index is -3.77. The molecule has 1 atom stereocenters. The summed E-state index contributed by atoms with van der Waals surface area (Å²) in [6, 6.07) is 12.3. The third kappa shape index (κ3) is 3.13. The molecule has 0 aliphatic rings. The Morgan fingerprint density at radius 3 is 2.38 bits per heavy atom. The molecule has 1 aromatic heterocycles. The Morgan fingerprint density at radius 2 is 1.73 bits per heavy atom.